The lowest BCUT2D eigenvalue weighted by Gasteiger charge is -2.09. The number of nitrogens with one attached hydrogen (secondary N) is 2. The predicted octanol–water partition coefficient (Wildman–Crippen LogP) is 4.06. The summed E-state index contributed by atoms with van der Waals surface area (Å²) in [5.41, 5.74) is 1.38. The van der Waals surface area contributed by atoms with Crippen molar-refractivity contribution in [1.29, 1.82) is 0 Å². The number of hydrogen-bond donors (Lipinski definition) is 2. The number of nitro groups is 1. The summed E-state index contributed by atoms with van der Waals surface area (Å²) in [6.07, 6.45) is 2.79. The van der Waals surface area contributed by atoms with Gasteiger partial charge in [-0.2, -0.15) is 0 Å². The summed E-state index contributed by atoms with van der Waals surface area (Å²) < 4.78 is 32.6. The maximum atomic E-state index is 12.5. The Bertz CT molecular complexity index is 1240. The third kappa shape index (κ3) is 5.92. The largest absolute Gasteiger partial charge is 0.497 e. The topological polar surface area (TPSA) is 128 Å². The second-order valence-corrected chi connectivity index (χ2v) is 8.21. The van der Waals surface area contributed by atoms with E-state index in [2.05, 4.69) is 10.0 Å². The highest BCUT2D eigenvalue weighted by Crippen LogP contribution is 2.20. The van der Waals surface area contributed by atoms with Crippen LogP contribution >= 0.6 is 0 Å². The van der Waals surface area contributed by atoms with Crippen LogP contribution in [0.25, 0.3) is 6.08 Å². The number of benzene rings is 3. The molecule has 0 saturated heterocycles. The van der Waals surface area contributed by atoms with E-state index in [9.17, 15) is 23.3 Å². The summed E-state index contributed by atoms with van der Waals surface area (Å²) in [4.78, 5) is 22.3. The van der Waals surface area contributed by atoms with Crippen molar-refractivity contribution < 1.29 is 22.9 Å². The number of nitro benzene ring substituents is 1. The molecule has 0 fully saturated rings. The highest BCUT2D eigenvalue weighted by atomic mass is 32.2. The van der Waals surface area contributed by atoms with E-state index in [-0.39, 0.29) is 10.6 Å². The van der Waals surface area contributed by atoms with Crippen LogP contribution in [0, 0.1) is 10.1 Å². The molecule has 0 saturated carbocycles. The quantitative estimate of drug-likeness (QED) is 0.301. The van der Waals surface area contributed by atoms with Gasteiger partial charge in [0, 0.05) is 29.6 Å². The van der Waals surface area contributed by atoms with Gasteiger partial charge in [0.1, 0.15) is 5.75 Å². The third-order valence-corrected chi connectivity index (χ3v) is 5.70. The first-order valence-electron chi connectivity index (χ1n) is 9.27. The summed E-state index contributed by atoms with van der Waals surface area (Å²) in [5.74, 6) is 0.172. The lowest BCUT2D eigenvalue weighted by molar-refractivity contribution is -0.384. The number of sulfonamides is 1. The van der Waals surface area contributed by atoms with Gasteiger partial charge in [0.05, 0.1) is 16.9 Å². The zero-order valence-corrected chi connectivity index (χ0v) is 17.7. The standard InChI is InChI=1S/C22H19N3O6S/c1-31-20-11-5-18(6-12-20)24-32(29,30)21-13-7-17(8-14-21)23-22(26)15-4-16-2-9-19(10-3-16)25(27)28/h2-15,24H,1H3,(H,23,26)/b15-4+. The Morgan fingerprint density at radius 3 is 2.09 bits per heavy atom. The molecule has 0 radical (unpaired) electrons. The minimum Gasteiger partial charge on any atom is -0.497 e. The second-order valence-electron chi connectivity index (χ2n) is 6.53. The molecule has 0 spiro atoms. The molecule has 32 heavy (non-hydrogen) atoms. The van der Waals surface area contributed by atoms with Crippen molar-refractivity contribution in [1.82, 2.24) is 0 Å². The first-order valence-corrected chi connectivity index (χ1v) is 10.8. The molecule has 10 heteroatoms. The Morgan fingerprint density at radius 2 is 1.53 bits per heavy atom. The molecule has 0 aliphatic carbocycles. The fraction of sp³-hybridized carbons (Fsp3) is 0.0455. The van der Waals surface area contributed by atoms with Gasteiger partial charge in [-0.05, 0) is 72.3 Å². The van der Waals surface area contributed by atoms with Crippen LogP contribution in [0.2, 0.25) is 0 Å². The highest BCUT2D eigenvalue weighted by Gasteiger charge is 2.14. The Balaban J connectivity index is 1.61. The monoisotopic (exact) mass is 453 g/mol. The molecule has 0 heterocycles. The minimum absolute atomic E-state index is 0.0349. The number of non-ortho nitro benzene ring substituents is 1. The maximum Gasteiger partial charge on any atom is 0.269 e. The van der Waals surface area contributed by atoms with Crippen LogP contribution in [-0.2, 0) is 14.8 Å². The average Bonchev–Trinajstić information content (AvgIpc) is 2.78. The predicted molar refractivity (Wildman–Crippen MR) is 121 cm³/mol. The van der Waals surface area contributed by atoms with Gasteiger partial charge in [-0.3, -0.25) is 19.6 Å². The fourth-order valence-electron chi connectivity index (χ4n) is 2.65. The van der Waals surface area contributed by atoms with Crippen LogP contribution in [0.5, 0.6) is 5.75 Å². The van der Waals surface area contributed by atoms with Gasteiger partial charge in [-0.15, -0.1) is 0 Å². The number of nitrogens with zero attached hydrogens (tertiary/aromatic N) is 1. The number of ether oxygens (including phenoxy) is 1. The van der Waals surface area contributed by atoms with Crippen molar-refractivity contribution in [3.63, 3.8) is 0 Å². The molecule has 164 valence electrons. The van der Waals surface area contributed by atoms with Crippen LogP contribution in [0.1, 0.15) is 5.56 Å². The summed E-state index contributed by atoms with van der Waals surface area (Å²) in [5, 5.41) is 13.3. The molecule has 2 N–H and O–H groups in total. The van der Waals surface area contributed by atoms with E-state index in [1.54, 1.807) is 24.3 Å². The molecule has 0 bridgehead atoms. The minimum atomic E-state index is -3.80. The molecule has 3 rings (SSSR count). The van der Waals surface area contributed by atoms with E-state index in [1.165, 1.54) is 67.8 Å². The molecule has 0 unspecified atom stereocenters. The number of carbonyl (C=O) groups is 1. The Kier molecular flexibility index (Phi) is 6.86. The molecule has 1 amide bonds. The highest BCUT2D eigenvalue weighted by molar-refractivity contribution is 7.92. The van der Waals surface area contributed by atoms with E-state index >= 15 is 0 Å². The number of carbonyl (C=O) groups excluding carboxylic acids is 1. The van der Waals surface area contributed by atoms with Crippen molar-refractivity contribution in [3.8, 4) is 5.75 Å². The van der Waals surface area contributed by atoms with Gasteiger partial charge in [0.15, 0.2) is 0 Å². The summed E-state index contributed by atoms with van der Waals surface area (Å²) in [6, 6.07) is 17.9. The molecule has 0 aliphatic rings. The molecule has 3 aromatic carbocycles. The summed E-state index contributed by atoms with van der Waals surface area (Å²) in [7, 11) is -2.28. The molecular weight excluding hydrogens is 434 g/mol. The first-order chi connectivity index (χ1) is 15.3. The maximum absolute atomic E-state index is 12.5. The van der Waals surface area contributed by atoms with Crippen molar-refractivity contribution in [2.24, 2.45) is 0 Å². The zero-order chi connectivity index (χ0) is 23.1. The van der Waals surface area contributed by atoms with E-state index in [4.69, 9.17) is 4.74 Å². The number of amides is 1. The van der Waals surface area contributed by atoms with Crippen molar-refractivity contribution >= 4 is 39.1 Å². The molecular formula is C22H19N3O6S. The van der Waals surface area contributed by atoms with E-state index in [0.717, 1.165) is 0 Å². The van der Waals surface area contributed by atoms with Crippen molar-refractivity contribution in [2.45, 2.75) is 4.90 Å². The van der Waals surface area contributed by atoms with Crippen LogP contribution in [0.4, 0.5) is 17.1 Å². The summed E-state index contributed by atoms with van der Waals surface area (Å²) in [6.45, 7) is 0. The fourth-order valence-corrected chi connectivity index (χ4v) is 3.71. The van der Waals surface area contributed by atoms with Gasteiger partial charge in [0.2, 0.25) is 5.91 Å². The molecule has 0 aliphatic heterocycles. The van der Waals surface area contributed by atoms with Gasteiger partial charge >= 0.3 is 0 Å². The molecule has 3 aromatic rings. The van der Waals surface area contributed by atoms with Crippen LogP contribution in [-0.4, -0.2) is 26.4 Å². The Labute approximate surface area is 184 Å². The number of hydrogen-bond acceptors (Lipinski definition) is 6. The molecule has 0 atom stereocenters. The van der Waals surface area contributed by atoms with Gasteiger partial charge in [-0.1, -0.05) is 0 Å². The smallest absolute Gasteiger partial charge is 0.269 e. The van der Waals surface area contributed by atoms with Gasteiger partial charge in [-0.25, -0.2) is 8.42 Å². The number of anilines is 2. The summed E-state index contributed by atoms with van der Waals surface area (Å²) >= 11 is 0. The SMILES string of the molecule is COc1ccc(NS(=O)(=O)c2ccc(NC(=O)/C=C/c3ccc([N+](=O)[O-])cc3)cc2)cc1. The van der Waals surface area contributed by atoms with E-state index in [1.807, 2.05) is 0 Å². The lowest BCUT2D eigenvalue weighted by Crippen LogP contribution is -2.13. The van der Waals surface area contributed by atoms with Crippen LogP contribution in [0.15, 0.2) is 83.8 Å². The Hall–Kier alpha value is -4.18. The van der Waals surface area contributed by atoms with E-state index < -0.39 is 20.9 Å². The molecule has 9 nitrogen and oxygen atoms in total. The van der Waals surface area contributed by atoms with Crippen LogP contribution in [0.3, 0.4) is 0 Å². The third-order valence-electron chi connectivity index (χ3n) is 4.31. The van der Waals surface area contributed by atoms with Crippen molar-refractivity contribution in [2.75, 3.05) is 17.1 Å². The zero-order valence-electron chi connectivity index (χ0n) is 16.9. The van der Waals surface area contributed by atoms with E-state index in [0.29, 0.717) is 22.7 Å². The second kappa shape index (κ2) is 9.75. The van der Waals surface area contributed by atoms with Crippen LogP contribution < -0.4 is 14.8 Å². The van der Waals surface area contributed by atoms with Gasteiger partial charge < -0.3 is 10.1 Å². The normalized spacial score (nSPS) is 11.2. The average molecular weight is 453 g/mol. The number of methoxy groups -OCH3 is 1. The lowest BCUT2D eigenvalue weighted by atomic mass is 10.2. The van der Waals surface area contributed by atoms with Crippen molar-refractivity contribution in [3.05, 3.63) is 94.6 Å². The molecule has 0 aromatic heterocycles. The van der Waals surface area contributed by atoms with Gasteiger partial charge in [0.25, 0.3) is 15.7 Å². The number of rotatable bonds is 8. The Morgan fingerprint density at radius 1 is 0.938 bits per heavy atom. The first kappa shape index (κ1) is 22.5.